The Morgan fingerprint density at radius 1 is 1.06 bits per heavy atom. The van der Waals surface area contributed by atoms with E-state index in [0.29, 0.717) is 35.7 Å². The van der Waals surface area contributed by atoms with E-state index in [0.717, 1.165) is 22.0 Å². The van der Waals surface area contributed by atoms with Crippen LogP contribution in [0, 0.1) is 12.7 Å². The molecule has 35 heavy (non-hydrogen) atoms. The first-order valence-electron chi connectivity index (χ1n) is 11.2. The molecule has 176 valence electrons. The summed E-state index contributed by atoms with van der Waals surface area (Å²) in [6.45, 7) is 3.12. The Labute approximate surface area is 201 Å². The molecule has 0 atom stereocenters. The first-order valence-corrected chi connectivity index (χ1v) is 11.2. The molecule has 0 spiro atoms. The average molecular weight is 470 g/mol. The van der Waals surface area contributed by atoms with E-state index < -0.39 is 0 Å². The summed E-state index contributed by atoms with van der Waals surface area (Å²) in [6, 6.07) is 13.9. The van der Waals surface area contributed by atoms with Gasteiger partial charge in [-0.2, -0.15) is 0 Å². The topological polar surface area (TPSA) is 110 Å². The molecule has 0 saturated carbocycles. The number of halogens is 1. The third-order valence-corrected chi connectivity index (χ3v) is 5.88. The lowest BCUT2D eigenvalue weighted by molar-refractivity contribution is 0.0950. The summed E-state index contributed by atoms with van der Waals surface area (Å²) in [5.74, 6) is -0.489. The second-order valence-electron chi connectivity index (χ2n) is 8.24. The minimum Gasteiger partial charge on any atom is -0.381 e. The van der Waals surface area contributed by atoms with Gasteiger partial charge < -0.3 is 16.4 Å². The quantitative estimate of drug-likeness (QED) is 0.328. The van der Waals surface area contributed by atoms with E-state index in [2.05, 4.69) is 25.6 Å². The predicted octanol–water partition coefficient (Wildman–Crippen LogP) is 3.59. The summed E-state index contributed by atoms with van der Waals surface area (Å²) in [7, 11) is 1.81. The van der Waals surface area contributed by atoms with Crippen molar-refractivity contribution in [3.8, 4) is 22.5 Å². The number of nitrogen functional groups attached to an aromatic ring is 1. The van der Waals surface area contributed by atoms with E-state index in [9.17, 15) is 9.18 Å². The smallest absolute Gasteiger partial charge is 0.271 e. The van der Waals surface area contributed by atoms with Crippen LogP contribution in [-0.2, 0) is 0 Å². The number of rotatable bonds is 6. The zero-order valence-electron chi connectivity index (χ0n) is 19.3. The molecule has 0 aliphatic carbocycles. The number of fused-ring (bicyclic) bond motifs is 2. The molecule has 3 aromatic heterocycles. The highest BCUT2D eigenvalue weighted by Gasteiger charge is 2.21. The Morgan fingerprint density at radius 2 is 1.83 bits per heavy atom. The van der Waals surface area contributed by atoms with Gasteiger partial charge in [0.1, 0.15) is 11.5 Å². The van der Waals surface area contributed by atoms with Crippen molar-refractivity contribution in [2.45, 2.75) is 6.92 Å². The Morgan fingerprint density at radius 3 is 2.60 bits per heavy atom. The van der Waals surface area contributed by atoms with Gasteiger partial charge in [0.15, 0.2) is 11.5 Å². The zero-order chi connectivity index (χ0) is 24.5. The summed E-state index contributed by atoms with van der Waals surface area (Å²) >= 11 is 0. The van der Waals surface area contributed by atoms with Crippen molar-refractivity contribution in [1.82, 2.24) is 30.0 Å². The van der Waals surface area contributed by atoms with Gasteiger partial charge in [-0.05, 0) is 62.0 Å². The number of likely N-dealkylation sites (N-methyl/N-ethyl adjacent to an activating group) is 1. The molecule has 4 N–H and O–H groups in total. The molecular formula is C26H24FN7O. The number of nitrogens with two attached hydrogens (primary N) is 1. The number of pyridine rings is 1. The van der Waals surface area contributed by atoms with Crippen molar-refractivity contribution in [3.63, 3.8) is 0 Å². The molecule has 0 aliphatic heterocycles. The Bertz CT molecular complexity index is 1560. The van der Waals surface area contributed by atoms with Crippen molar-refractivity contribution in [2.75, 3.05) is 25.9 Å². The number of hydrogen-bond donors (Lipinski definition) is 3. The average Bonchev–Trinajstić information content (AvgIpc) is 3.31. The molecule has 9 heteroatoms. The van der Waals surface area contributed by atoms with Crippen molar-refractivity contribution < 1.29 is 9.18 Å². The van der Waals surface area contributed by atoms with Gasteiger partial charge in [0.2, 0.25) is 0 Å². The first-order chi connectivity index (χ1) is 17.0. The lowest BCUT2D eigenvalue weighted by Crippen LogP contribution is -2.30. The molecule has 3 heterocycles. The first kappa shape index (κ1) is 22.4. The summed E-state index contributed by atoms with van der Waals surface area (Å²) in [5.41, 5.74) is 11.6. The van der Waals surface area contributed by atoms with Crippen LogP contribution < -0.4 is 16.4 Å². The van der Waals surface area contributed by atoms with Crippen LogP contribution in [0.5, 0.6) is 0 Å². The largest absolute Gasteiger partial charge is 0.381 e. The van der Waals surface area contributed by atoms with Crippen LogP contribution >= 0.6 is 0 Å². The molecule has 0 unspecified atom stereocenters. The van der Waals surface area contributed by atoms with Gasteiger partial charge in [0.05, 0.1) is 16.9 Å². The highest BCUT2D eigenvalue weighted by molar-refractivity contribution is 5.95. The molecule has 5 rings (SSSR count). The number of amides is 1. The number of aromatic nitrogens is 4. The van der Waals surface area contributed by atoms with E-state index >= 15 is 0 Å². The fourth-order valence-electron chi connectivity index (χ4n) is 4.09. The number of hydrogen-bond acceptors (Lipinski definition) is 6. The standard InChI is InChI=1S/C26H24FN7O/c1-15-9-10-30-20-8-5-17(13-19(15)20)23-22(16-3-6-18(27)7-4-16)33-24(28)25-32-21(14-34(23)25)26(35)31-12-11-29-2/h3-10,13-14,29H,11-12H2,1-2H3,(H2,28,33)(H,31,35). The summed E-state index contributed by atoms with van der Waals surface area (Å²) in [6.07, 6.45) is 3.43. The van der Waals surface area contributed by atoms with E-state index in [1.165, 1.54) is 12.1 Å². The van der Waals surface area contributed by atoms with E-state index in [1.807, 2.05) is 38.2 Å². The van der Waals surface area contributed by atoms with Gasteiger partial charge in [-0.15, -0.1) is 0 Å². The Balaban J connectivity index is 1.76. The van der Waals surface area contributed by atoms with Crippen LogP contribution in [0.4, 0.5) is 10.2 Å². The maximum absolute atomic E-state index is 13.7. The lowest BCUT2D eigenvalue weighted by Gasteiger charge is -2.14. The van der Waals surface area contributed by atoms with Gasteiger partial charge in [-0.1, -0.05) is 6.07 Å². The Hall–Kier alpha value is -4.37. The highest BCUT2D eigenvalue weighted by atomic mass is 19.1. The van der Waals surface area contributed by atoms with Crippen LogP contribution in [0.1, 0.15) is 16.1 Å². The maximum Gasteiger partial charge on any atom is 0.271 e. The fourth-order valence-corrected chi connectivity index (χ4v) is 4.09. The van der Waals surface area contributed by atoms with Crippen molar-refractivity contribution in [3.05, 3.63) is 78.0 Å². The summed E-state index contributed by atoms with van der Waals surface area (Å²) < 4.78 is 15.5. The molecule has 1 amide bonds. The van der Waals surface area contributed by atoms with Crippen molar-refractivity contribution >= 4 is 28.3 Å². The van der Waals surface area contributed by atoms with Crippen LogP contribution in [0.3, 0.4) is 0 Å². The van der Waals surface area contributed by atoms with Crippen LogP contribution in [0.15, 0.2) is 60.9 Å². The summed E-state index contributed by atoms with van der Waals surface area (Å²) in [4.78, 5) is 26.3. The number of nitrogens with zero attached hydrogens (tertiary/aromatic N) is 4. The Kier molecular flexibility index (Phi) is 5.84. The van der Waals surface area contributed by atoms with E-state index in [1.54, 1.807) is 28.9 Å². The predicted molar refractivity (Wildman–Crippen MR) is 135 cm³/mol. The number of benzene rings is 2. The molecule has 0 bridgehead atoms. The number of aryl methyl sites for hydroxylation is 1. The molecule has 0 radical (unpaired) electrons. The van der Waals surface area contributed by atoms with Crippen LogP contribution in [0.2, 0.25) is 0 Å². The molecule has 2 aromatic carbocycles. The monoisotopic (exact) mass is 469 g/mol. The third-order valence-electron chi connectivity index (χ3n) is 5.88. The van der Waals surface area contributed by atoms with Crippen molar-refractivity contribution in [1.29, 1.82) is 0 Å². The fraction of sp³-hybridized carbons (Fsp3) is 0.154. The van der Waals surface area contributed by atoms with Gasteiger partial charge in [0, 0.05) is 42.0 Å². The number of imidazole rings is 1. The van der Waals surface area contributed by atoms with E-state index in [4.69, 9.17) is 5.73 Å². The zero-order valence-corrected chi connectivity index (χ0v) is 19.3. The molecule has 8 nitrogen and oxygen atoms in total. The number of carbonyl (C=O) groups excluding carboxylic acids is 1. The van der Waals surface area contributed by atoms with Gasteiger partial charge >= 0.3 is 0 Å². The van der Waals surface area contributed by atoms with Crippen molar-refractivity contribution in [2.24, 2.45) is 0 Å². The molecule has 0 aliphatic rings. The van der Waals surface area contributed by atoms with E-state index in [-0.39, 0.29) is 23.2 Å². The number of anilines is 1. The summed E-state index contributed by atoms with van der Waals surface area (Å²) in [5, 5.41) is 6.81. The molecular weight excluding hydrogens is 445 g/mol. The van der Waals surface area contributed by atoms with Gasteiger partial charge in [0.25, 0.3) is 5.91 Å². The maximum atomic E-state index is 13.7. The number of carbonyl (C=O) groups is 1. The SMILES string of the molecule is CNCCNC(=O)c1cn2c(-c3ccc4nccc(C)c4c3)c(-c3ccc(F)cc3)nc(N)c2n1. The molecule has 5 aromatic rings. The third kappa shape index (κ3) is 4.17. The van der Waals surface area contributed by atoms with Gasteiger partial charge in [-0.3, -0.25) is 14.2 Å². The number of nitrogens with one attached hydrogen (secondary N) is 2. The second kappa shape index (κ2) is 9.11. The molecule has 0 fully saturated rings. The minimum atomic E-state index is -0.347. The van der Waals surface area contributed by atoms with Gasteiger partial charge in [-0.25, -0.2) is 14.4 Å². The second-order valence-corrected chi connectivity index (χ2v) is 8.24. The molecule has 0 saturated heterocycles. The van der Waals surface area contributed by atoms with Crippen LogP contribution in [0.25, 0.3) is 39.1 Å². The normalized spacial score (nSPS) is 11.3. The highest BCUT2D eigenvalue weighted by Crippen LogP contribution is 2.35. The van der Waals surface area contributed by atoms with Crippen LogP contribution in [-0.4, -0.2) is 45.4 Å². The minimum absolute atomic E-state index is 0.168. The lowest BCUT2D eigenvalue weighted by atomic mass is 10.0.